The summed E-state index contributed by atoms with van der Waals surface area (Å²) < 4.78 is 12.2. The third-order valence-electron chi connectivity index (χ3n) is 4.77. The third kappa shape index (κ3) is 2.88. The van der Waals surface area contributed by atoms with E-state index < -0.39 is 0 Å². The van der Waals surface area contributed by atoms with Gasteiger partial charge in [0.1, 0.15) is 17.0 Å². The average molecular weight is 403 g/mol. The van der Waals surface area contributed by atoms with E-state index in [2.05, 4.69) is 20.9 Å². The number of nitrogens with zero attached hydrogens (tertiary/aromatic N) is 2. The van der Waals surface area contributed by atoms with Gasteiger partial charge in [-0.3, -0.25) is 4.79 Å². The van der Waals surface area contributed by atoms with Crippen molar-refractivity contribution in [3.05, 3.63) is 51.7 Å². The van der Waals surface area contributed by atoms with Gasteiger partial charge in [-0.1, -0.05) is 12.1 Å². The molecule has 1 aliphatic heterocycles. The standard InChI is InChI=1S/C19H19BrN2O3/c1-11-16(17(20)12(2)24-11)19(23)22-9-5-6-13(10-22)18-21-14-7-3-4-8-15(14)25-18/h3-4,7-8,13H,5-6,9-10H2,1-2H3. The average Bonchev–Trinajstić information content (AvgIpc) is 3.15. The van der Waals surface area contributed by atoms with Crippen molar-refractivity contribution >= 4 is 32.9 Å². The summed E-state index contributed by atoms with van der Waals surface area (Å²) in [5.74, 6) is 2.23. The number of aryl methyl sites for hydroxylation is 2. The van der Waals surface area contributed by atoms with Crippen molar-refractivity contribution < 1.29 is 13.6 Å². The highest BCUT2D eigenvalue weighted by Crippen LogP contribution is 2.32. The Labute approximate surface area is 154 Å². The first-order valence-electron chi connectivity index (χ1n) is 8.45. The first-order valence-corrected chi connectivity index (χ1v) is 9.24. The number of carbonyl (C=O) groups excluding carboxylic acids is 1. The second-order valence-electron chi connectivity index (χ2n) is 6.51. The summed E-state index contributed by atoms with van der Waals surface area (Å²) in [6.07, 6.45) is 1.91. The number of fused-ring (bicyclic) bond motifs is 1. The Morgan fingerprint density at radius 3 is 2.76 bits per heavy atom. The van der Waals surface area contributed by atoms with Crippen LogP contribution in [0.15, 0.2) is 37.6 Å². The van der Waals surface area contributed by atoms with Crippen molar-refractivity contribution in [1.29, 1.82) is 0 Å². The smallest absolute Gasteiger partial charge is 0.258 e. The molecule has 0 saturated carbocycles. The van der Waals surface area contributed by atoms with Crippen molar-refractivity contribution in [2.75, 3.05) is 13.1 Å². The number of amides is 1. The van der Waals surface area contributed by atoms with E-state index in [1.807, 2.05) is 43.0 Å². The Kier molecular flexibility index (Phi) is 4.15. The van der Waals surface area contributed by atoms with Crippen LogP contribution in [0.4, 0.5) is 0 Å². The Morgan fingerprint density at radius 2 is 2.04 bits per heavy atom. The molecule has 4 rings (SSSR count). The quantitative estimate of drug-likeness (QED) is 0.616. The predicted molar refractivity (Wildman–Crippen MR) is 97.8 cm³/mol. The van der Waals surface area contributed by atoms with Crippen LogP contribution in [-0.2, 0) is 0 Å². The SMILES string of the molecule is Cc1oc(C)c(C(=O)N2CCCC(c3nc4ccccc4o3)C2)c1Br. The van der Waals surface area contributed by atoms with Crippen LogP contribution in [0.25, 0.3) is 11.1 Å². The van der Waals surface area contributed by atoms with Crippen LogP contribution >= 0.6 is 15.9 Å². The molecular formula is C19H19BrN2O3. The number of rotatable bonds is 2. The molecule has 130 valence electrons. The van der Waals surface area contributed by atoms with E-state index in [-0.39, 0.29) is 11.8 Å². The highest BCUT2D eigenvalue weighted by atomic mass is 79.9. The first-order chi connectivity index (χ1) is 12.0. The molecule has 0 radical (unpaired) electrons. The lowest BCUT2D eigenvalue weighted by molar-refractivity contribution is 0.0696. The zero-order valence-electron chi connectivity index (χ0n) is 14.2. The zero-order chi connectivity index (χ0) is 17.6. The number of benzene rings is 1. The highest BCUT2D eigenvalue weighted by molar-refractivity contribution is 9.10. The van der Waals surface area contributed by atoms with E-state index in [1.54, 1.807) is 0 Å². The van der Waals surface area contributed by atoms with Gasteiger partial charge in [-0.2, -0.15) is 0 Å². The van der Waals surface area contributed by atoms with Gasteiger partial charge >= 0.3 is 0 Å². The van der Waals surface area contributed by atoms with Gasteiger partial charge in [-0.25, -0.2) is 4.98 Å². The molecule has 0 aliphatic carbocycles. The maximum atomic E-state index is 13.0. The normalized spacial score (nSPS) is 18.0. The second kappa shape index (κ2) is 6.33. The lowest BCUT2D eigenvalue weighted by atomic mass is 9.97. The van der Waals surface area contributed by atoms with Gasteiger partial charge in [0.05, 0.1) is 16.0 Å². The topological polar surface area (TPSA) is 59.5 Å². The van der Waals surface area contributed by atoms with E-state index in [9.17, 15) is 4.79 Å². The van der Waals surface area contributed by atoms with Gasteiger partial charge in [-0.15, -0.1) is 0 Å². The molecular weight excluding hydrogens is 384 g/mol. The number of halogens is 1. The molecule has 1 aromatic carbocycles. The summed E-state index contributed by atoms with van der Waals surface area (Å²) in [4.78, 5) is 19.5. The van der Waals surface area contributed by atoms with Crippen molar-refractivity contribution in [3.63, 3.8) is 0 Å². The molecule has 1 aliphatic rings. The van der Waals surface area contributed by atoms with Crippen LogP contribution < -0.4 is 0 Å². The van der Waals surface area contributed by atoms with Crippen molar-refractivity contribution in [3.8, 4) is 0 Å². The minimum atomic E-state index is 0.00189. The van der Waals surface area contributed by atoms with Crippen LogP contribution in [0, 0.1) is 13.8 Å². The zero-order valence-corrected chi connectivity index (χ0v) is 15.8. The summed E-state index contributed by atoms with van der Waals surface area (Å²) >= 11 is 3.48. The van der Waals surface area contributed by atoms with Gasteiger partial charge in [0.2, 0.25) is 0 Å². The molecule has 1 atom stereocenters. The number of likely N-dealkylation sites (tertiary alicyclic amines) is 1. The van der Waals surface area contributed by atoms with Crippen molar-refractivity contribution in [2.45, 2.75) is 32.6 Å². The Balaban J connectivity index is 1.59. The summed E-state index contributed by atoms with van der Waals surface area (Å²) in [7, 11) is 0. The van der Waals surface area contributed by atoms with Crippen LogP contribution in [0.3, 0.4) is 0 Å². The summed E-state index contributed by atoms with van der Waals surface area (Å²) in [6, 6.07) is 7.76. The fourth-order valence-corrected chi connectivity index (χ4v) is 4.02. The fourth-order valence-electron chi connectivity index (χ4n) is 3.49. The van der Waals surface area contributed by atoms with E-state index in [0.29, 0.717) is 17.9 Å². The highest BCUT2D eigenvalue weighted by Gasteiger charge is 2.31. The fraction of sp³-hybridized carbons (Fsp3) is 0.368. The molecule has 5 nitrogen and oxygen atoms in total. The lowest BCUT2D eigenvalue weighted by Gasteiger charge is -2.31. The summed E-state index contributed by atoms with van der Waals surface area (Å²) in [5, 5.41) is 0. The number of hydrogen-bond donors (Lipinski definition) is 0. The Morgan fingerprint density at radius 1 is 1.24 bits per heavy atom. The molecule has 3 heterocycles. The summed E-state index contributed by atoms with van der Waals surface area (Å²) in [5.41, 5.74) is 2.28. The van der Waals surface area contributed by atoms with Gasteiger partial charge in [0.15, 0.2) is 11.5 Å². The Hall–Kier alpha value is -2.08. The van der Waals surface area contributed by atoms with E-state index in [1.165, 1.54) is 0 Å². The molecule has 1 unspecified atom stereocenters. The van der Waals surface area contributed by atoms with Gasteiger partial charge in [-0.05, 0) is 54.8 Å². The van der Waals surface area contributed by atoms with Gasteiger partial charge in [0, 0.05) is 13.1 Å². The summed E-state index contributed by atoms with van der Waals surface area (Å²) in [6.45, 7) is 5.03. The number of hydrogen-bond acceptors (Lipinski definition) is 4. The molecule has 25 heavy (non-hydrogen) atoms. The van der Waals surface area contributed by atoms with Crippen LogP contribution in [0.5, 0.6) is 0 Å². The van der Waals surface area contributed by atoms with Crippen LogP contribution in [-0.4, -0.2) is 28.9 Å². The number of aromatic nitrogens is 1. The number of piperidine rings is 1. The molecule has 6 heteroatoms. The minimum Gasteiger partial charge on any atom is -0.465 e. The maximum Gasteiger partial charge on any atom is 0.258 e. The molecule has 1 fully saturated rings. The number of para-hydroxylation sites is 2. The largest absolute Gasteiger partial charge is 0.465 e. The predicted octanol–water partition coefficient (Wildman–Crippen LogP) is 4.82. The maximum absolute atomic E-state index is 13.0. The third-order valence-corrected chi connectivity index (χ3v) is 5.72. The van der Waals surface area contributed by atoms with E-state index >= 15 is 0 Å². The minimum absolute atomic E-state index is 0.00189. The molecule has 1 saturated heterocycles. The number of carbonyl (C=O) groups is 1. The second-order valence-corrected chi connectivity index (χ2v) is 7.31. The van der Waals surface area contributed by atoms with Crippen molar-refractivity contribution in [1.82, 2.24) is 9.88 Å². The molecule has 0 bridgehead atoms. The van der Waals surface area contributed by atoms with Crippen molar-refractivity contribution in [2.24, 2.45) is 0 Å². The molecule has 0 spiro atoms. The lowest BCUT2D eigenvalue weighted by Crippen LogP contribution is -2.39. The Bertz CT molecular complexity index is 910. The van der Waals surface area contributed by atoms with E-state index in [4.69, 9.17) is 8.83 Å². The van der Waals surface area contributed by atoms with Crippen LogP contribution in [0.1, 0.15) is 46.5 Å². The molecule has 3 aromatic rings. The first kappa shape index (κ1) is 16.4. The molecule has 1 amide bonds. The number of oxazole rings is 1. The monoisotopic (exact) mass is 402 g/mol. The molecule has 2 aromatic heterocycles. The van der Waals surface area contributed by atoms with Crippen LogP contribution in [0.2, 0.25) is 0 Å². The number of furan rings is 1. The van der Waals surface area contributed by atoms with Gasteiger partial charge < -0.3 is 13.7 Å². The van der Waals surface area contributed by atoms with E-state index in [0.717, 1.165) is 46.6 Å². The van der Waals surface area contributed by atoms with Gasteiger partial charge in [0.25, 0.3) is 5.91 Å². The molecule has 0 N–H and O–H groups in total.